The summed E-state index contributed by atoms with van der Waals surface area (Å²) in [4.78, 5) is 4.07. The van der Waals surface area contributed by atoms with Crippen LogP contribution in [0.5, 0.6) is 0 Å². The third kappa shape index (κ3) is 2.81. The summed E-state index contributed by atoms with van der Waals surface area (Å²) in [7, 11) is 0. The van der Waals surface area contributed by atoms with Gasteiger partial charge in [-0.3, -0.25) is 4.98 Å². The third-order valence-corrected chi connectivity index (χ3v) is 2.36. The van der Waals surface area contributed by atoms with Crippen LogP contribution in [0.15, 0.2) is 48.8 Å². The van der Waals surface area contributed by atoms with Gasteiger partial charge in [-0.25, -0.2) is 0 Å². The summed E-state index contributed by atoms with van der Waals surface area (Å²) in [5.41, 5.74) is 8.94. The maximum Gasteiger partial charge on any atom is 0.0503 e. The maximum absolute atomic E-state index is 5.67. The van der Waals surface area contributed by atoms with Gasteiger partial charge in [-0.1, -0.05) is 30.3 Å². The smallest absolute Gasteiger partial charge is 0.0503 e. The zero-order valence-electron chi connectivity index (χ0n) is 8.56. The van der Waals surface area contributed by atoms with Gasteiger partial charge in [-0.15, -0.1) is 0 Å². The fourth-order valence-corrected chi connectivity index (χ4v) is 1.58. The predicted octanol–water partition coefficient (Wildman–Crippen LogP) is 2.45. The van der Waals surface area contributed by atoms with Crippen molar-refractivity contribution >= 4 is 5.69 Å². The van der Waals surface area contributed by atoms with Crippen LogP contribution in [0.2, 0.25) is 0 Å². The van der Waals surface area contributed by atoms with Crippen molar-refractivity contribution in [3.05, 3.63) is 59.9 Å². The molecule has 1 aromatic heterocycles. The average molecular weight is 198 g/mol. The fourth-order valence-electron chi connectivity index (χ4n) is 1.58. The molecule has 0 aliphatic heterocycles. The van der Waals surface area contributed by atoms with Crippen molar-refractivity contribution in [3.8, 4) is 0 Å². The number of pyridine rings is 1. The molecule has 2 heteroatoms. The number of aryl methyl sites for hydroxylation is 2. The fraction of sp³-hybridized carbons (Fsp3) is 0.154. The third-order valence-electron chi connectivity index (χ3n) is 2.36. The Hall–Kier alpha value is -1.83. The van der Waals surface area contributed by atoms with Crippen molar-refractivity contribution in [2.45, 2.75) is 12.8 Å². The van der Waals surface area contributed by atoms with Gasteiger partial charge in [-0.05, 0) is 30.0 Å². The predicted molar refractivity (Wildman–Crippen MR) is 62.5 cm³/mol. The van der Waals surface area contributed by atoms with Crippen LogP contribution in [-0.4, -0.2) is 4.98 Å². The first-order valence-electron chi connectivity index (χ1n) is 5.08. The molecule has 2 N–H and O–H groups in total. The Morgan fingerprint density at radius 3 is 2.40 bits per heavy atom. The molecule has 0 aliphatic carbocycles. The van der Waals surface area contributed by atoms with Gasteiger partial charge in [0.1, 0.15) is 0 Å². The van der Waals surface area contributed by atoms with Gasteiger partial charge in [0.15, 0.2) is 0 Å². The summed E-state index contributed by atoms with van der Waals surface area (Å²) in [5.74, 6) is 0. The van der Waals surface area contributed by atoms with Crippen LogP contribution in [0.1, 0.15) is 11.1 Å². The second kappa shape index (κ2) is 4.60. The molecule has 1 heterocycles. The lowest BCUT2D eigenvalue weighted by Gasteiger charge is -2.02. The number of nitrogens with two attached hydrogens (primary N) is 1. The first kappa shape index (κ1) is 9.71. The molecule has 2 nitrogen and oxygen atoms in total. The van der Waals surface area contributed by atoms with E-state index in [9.17, 15) is 0 Å². The quantitative estimate of drug-likeness (QED) is 0.822. The molecular formula is C13H14N2. The molecule has 0 saturated heterocycles. The van der Waals surface area contributed by atoms with Gasteiger partial charge in [0, 0.05) is 12.4 Å². The molecule has 15 heavy (non-hydrogen) atoms. The lowest BCUT2D eigenvalue weighted by Crippen LogP contribution is -1.94. The van der Waals surface area contributed by atoms with Gasteiger partial charge in [0.25, 0.3) is 0 Å². The summed E-state index contributed by atoms with van der Waals surface area (Å²) in [6.07, 6.45) is 5.57. The Bertz CT molecular complexity index is 424. The minimum Gasteiger partial charge on any atom is -0.397 e. The van der Waals surface area contributed by atoms with E-state index < -0.39 is 0 Å². The Labute approximate surface area is 89.8 Å². The molecule has 0 spiro atoms. The highest BCUT2D eigenvalue weighted by Crippen LogP contribution is 2.08. The molecule has 0 bridgehead atoms. The van der Waals surface area contributed by atoms with Crippen LogP contribution in [0, 0.1) is 0 Å². The minimum atomic E-state index is 0.737. The summed E-state index contributed by atoms with van der Waals surface area (Å²) in [6.45, 7) is 0. The van der Waals surface area contributed by atoms with E-state index in [0.717, 1.165) is 18.5 Å². The molecular weight excluding hydrogens is 184 g/mol. The topological polar surface area (TPSA) is 38.9 Å². The van der Waals surface area contributed by atoms with Crippen LogP contribution in [-0.2, 0) is 12.8 Å². The molecule has 2 rings (SSSR count). The van der Waals surface area contributed by atoms with E-state index in [1.165, 1.54) is 11.1 Å². The van der Waals surface area contributed by atoms with E-state index in [-0.39, 0.29) is 0 Å². The van der Waals surface area contributed by atoms with Crippen molar-refractivity contribution in [1.29, 1.82) is 0 Å². The number of anilines is 1. The summed E-state index contributed by atoms with van der Waals surface area (Å²) >= 11 is 0. The highest BCUT2D eigenvalue weighted by atomic mass is 14.7. The number of hydrogen-bond donors (Lipinski definition) is 1. The highest BCUT2D eigenvalue weighted by Gasteiger charge is 1.96. The minimum absolute atomic E-state index is 0.737. The van der Waals surface area contributed by atoms with E-state index in [4.69, 9.17) is 5.73 Å². The number of rotatable bonds is 3. The van der Waals surface area contributed by atoms with Gasteiger partial charge in [-0.2, -0.15) is 0 Å². The van der Waals surface area contributed by atoms with E-state index in [1.807, 2.05) is 18.3 Å². The first-order chi connectivity index (χ1) is 7.34. The van der Waals surface area contributed by atoms with Crippen molar-refractivity contribution in [2.75, 3.05) is 5.73 Å². The lowest BCUT2D eigenvalue weighted by molar-refractivity contribution is 0.951. The van der Waals surface area contributed by atoms with Crippen LogP contribution in [0.25, 0.3) is 0 Å². The number of benzene rings is 1. The van der Waals surface area contributed by atoms with Crippen molar-refractivity contribution in [1.82, 2.24) is 4.98 Å². The number of hydrogen-bond acceptors (Lipinski definition) is 2. The average Bonchev–Trinajstić information content (AvgIpc) is 2.28. The molecule has 76 valence electrons. The standard InChI is InChI=1S/C13H14N2/c14-13-8-12(9-15-10-13)7-6-11-4-2-1-3-5-11/h1-5,8-10H,6-7,14H2. The zero-order chi connectivity index (χ0) is 10.5. The van der Waals surface area contributed by atoms with Crippen LogP contribution in [0.3, 0.4) is 0 Å². The van der Waals surface area contributed by atoms with E-state index in [2.05, 4.69) is 29.2 Å². The normalized spacial score (nSPS) is 10.1. The van der Waals surface area contributed by atoms with Gasteiger partial charge >= 0.3 is 0 Å². The van der Waals surface area contributed by atoms with Gasteiger partial charge in [0.05, 0.1) is 5.69 Å². The molecule has 0 atom stereocenters. The largest absolute Gasteiger partial charge is 0.397 e. The van der Waals surface area contributed by atoms with E-state index in [1.54, 1.807) is 6.20 Å². The lowest BCUT2D eigenvalue weighted by atomic mass is 10.1. The van der Waals surface area contributed by atoms with Gasteiger partial charge < -0.3 is 5.73 Å². The second-order valence-corrected chi connectivity index (χ2v) is 3.61. The van der Waals surface area contributed by atoms with Crippen molar-refractivity contribution in [3.63, 3.8) is 0 Å². The molecule has 0 unspecified atom stereocenters. The molecule has 1 aromatic carbocycles. The van der Waals surface area contributed by atoms with E-state index in [0.29, 0.717) is 0 Å². The van der Waals surface area contributed by atoms with Gasteiger partial charge in [0.2, 0.25) is 0 Å². The molecule has 0 aliphatic rings. The second-order valence-electron chi connectivity index (χ2n) is 3.61. The first-order valence-corrected chi connectivity index (χ1v) is 5.08. The number of aromatic nitrogens is 1. The Morgan fingerprint density at radius 1 is 0.933 bits per heavy atom. The Kier molecular flexibility index (Phi) is 2.98. The van der Waals surface area contributed by atoms with Crippen molar-refractivity contribution < 1.29 is 0 Å². The molecule has 0 fully saturated rings. The maximum atomic E-state index is 5.67. The Morgan fingerprint density at radius 2 is 1.67 bits per heavy atom. The summed E-state index contributed by atoms with van der Waals surface area (Å²) in [6, 6.07) is 12.4. The molecule has 0 amide bonds. The van der Waals surface area contributed by atoms with Crippen LogP contribution < -0.4 is 5.73 Å². The molecule has 0 saturated carbocycles. The Balaban J connectivity index is 1.99. The SMILES string of the molecule is Nc1cncc(CCc2ccccc2)c1. The molecule has 2 aromatic rings. The highest BCUT2D eigenvalue weighted by molar-refractivity contribution is 5.37. The van der Waals surface area contributed by atoms with Crippen molar-refractivity contribution in [2.24, 2.45) is 0 Å². The monoisotopic (exact) mass is 198 g/mol. The summed E-state index contributed by atoms with van der Waals surface area (Å²) < 4.78 is 0. The van der Waals surface area contributed by atoms with Crippen LogP contribution in [0.4, 0.5) is 5.69 Å². The zero-order valence-corrected chi connectivity index (χ0v) is 8.56. The summed E-state index contributed by atoms with van der Waals surface area (Å²) in [5, 5.41) is 0. The van der Waals surface area contributed by atoms with E-state index >= 15 is 0 Å². The van der Waals surface area contributed by atoms with Crippen LogP contribution >= 0.6 is 0 Å². The molecule has 0 radical (unpaired) electrons. The number of nitrogen functional groups attached to an aromatic ring is 1. The number of nitrogens with zero attached hydrogens (tertiary/aromatic N) is 1.